The molecule has 3 aromatic rings. The predicted molar refractivity (Wildman–Crippen MR) is 110 cm³/mol. The molecule has 0 bridgehead atoms. The number of hydrogen-bond acceptors (Lipinski definition) is 6. The number of para-hydroxylation sites is 1. The van der Waals surface area contributed by atoms with E-state index in [0.717, 1.165) is 22.2 Å². The molecule has 4 rings (SSSR count). The molecule has 146 valence electrons. The highest BCUT2D eigenvalue weighted by atomic mass is 32.2. The van der Waals surface area contributed by atoms with Gasteiger partial charge in [-0.1, -0.05) is 48.5 Å². The van der Waals surface area contributed by atoms with Crippen LogP contribution in [0.15, 0.2) is 54.6 Å². The number of ether oxygens (including phenoxy) is 1. The molecule has 1 aliphatic rings. The Bertz CT molecular complexity index is 1050. The predicted octanol–water partition coefficient (Wildman–Crippen LogP) is 2.37. The summed E-state index contributed by atoms with van der Waals surface area (Å²) < 4.78 is 31.6. The van der Waals surface area contributed by atoms with Crippen LogP contribution < -0.4 is 5.32 Å². The fraction of sp³-hybridized carbons (Fsp3) is 0.300. The number of rotatable bonds is 6. The number of morpholine rings is 1. The average molecular weight is 398 g/mol. The van der Waals surface area contributed by atoms with Crippen LogP contribution in [0.1, 0.15) is 0 Å². The van der Waals surface area contributed by atoms with Gasteiger partial charge in [0.15, 0.2) is 0 Å². The van der Waals surface area contributed by atoms with E-state index in [0.29, 0.717) is 32.3 Å². The Morgan fingerprint density at radius 2 is 1.68 bits per heavy atom. The van der Waals surface area contributed by atoms with E-state index in [4.69, 9.17) is 4.74 Å². The van der Waals surface area contributed by atoms with Crippen molar-refractivity contribution >= 4 is 26.9 Å². The standard InChI is InChI=1S/C20H22N4O3S/c25-28(26,24-11-13-27-14-12-24)15-10-21-20-22-18-9-5-4-8-17(18)19(23-20)16-6-2-1-3-7-16/h1-9H,10-15H2,(H,21,22,23). The normalized spacial score (nSPS) is 15.6. The summed E-state index contributed by atoms with van der Waals surface area (Å²) in [6.07, 6.45) is 0. The van der Waals surface area contributed by atoms with Crippen LogP contribution in [0.25, 0.3) is 22.2 Å². The van der Waals surface area contributed by atoms with Gasteiger partial charge in [0.1, 0.15) is 0 Å². The van der Waals surface area contributed by atoms with Crippen LogP contribution in [0.2, 0.25) is 0 Å². The van der Waals surface area contributed by atoms with Crippen molar-refractivity contribution in [2.24, 2.45) is 0 Å². The number of nitrogens with zero attached hydrogens (tertiary/aromatic N) is 3. The number of anilines is 1. The molecule has 2 aromatic carbocycles. The highest BCUT2D eigenvalue weighted by molar-refractivity contribution is 7.89. The van der Waals surface area contributed by atoms with E-state index in [1.807, 2.05) is 54.6 Å². The molecule has 0 amide bonds. The molecule has 1 fully saturated rings. The Balaban J connectivity index is 1.54. The molecule has 1 aromatic heterocycles. The number of hydrogen-bond donors (Lipinski definition) is 1. The summed E-state index contributed by atoms with van der Waals surface area (Å²) in [5, 5.41) is 4.04. The molecule has 28 heavy (non-hydrogen) atoms. The smallest absolute Gasteiger partial charge is 0.223 e. The molecule has 0 atom stereocenters. The van der Waals surface area contributed by atoms with Crippen LogP contribution in [0.5, 0.6) is 0 Å². The molecular formula is C20H22N4O3S. The van der Waals surface area contributed by atoms with Crippen molar-refractivity contribution in [3.8, 4) is 11.3 Å². The fourth-order valence-electron chi connectivity index (χ4n) is 3.22. The summed E-state index contributed by atoms with van der Waals surface area (Å²) in [6, 6.07) is 17.7. The number of aromatic nitrogens is 2. The lowest BCUT2D eigenvalue weighted by Gasteiger charge is -2.26. The molecule has 0 saturated carbocycles. The quantitative estimate of drug-likeness (QED) is 0.686. The largest absolute Gasteiger partial charge is 0.379 e. The monoisotopic (exact) mass is 398 g/mol. The lowest BCUT2D eigenvalue weighted by molar-refractivity contribution is 0.0731. The SMILES string of the molecule is O=S(=O)(CCNc1nc(-c2ccccc2)c2ccccc2n1)N1CCOCC1. The minimum Gasteiger partial charge on any atom is -0.379 e. The average Bonchev–Trinajstić information content (AvgIpc) is 2.74. The molecular weight excluding hydrogens is 376 g/mol. The van der Waals surface area contributed by atoms with Crippen molar-refractivity contribution < 1.29 is 13.2 Å². The Hall–Kier alpha value is -2.55. The molecule has 0 radical (unpaired) electrons. The Kier molecular flexibility index (Phi) is 5.52. The van der Waals surface area contributed by atoms with Gasteiger partial charge in [-0.3, -0.25) is 0 Å². The Labute approximate surface area is 164 Å². The van der Waals surface area contributed by atoms with Gasteiger partial charge in [-0.2, -0.15) is 4.31 Å². The zero-order valence-electron chi connectivity index (χ0n) is 15.4. The first-order valence-electron chi connectivity index (χ1n) is 9.25. The molecule has 0 unspecified atom stereocenters. The van der Waals surface area contributed by atoms with Gasteiger partial charge in [-0.05, 0) is 6.07 Å². The Morgan fingerprint density at radius 1 is 0.964 bits per heavy atom. The van der Waals surface area contributed by atoms with Crippen LogP contribution >= 0.6 is 0 Å². The first kappa shape index (κ1) is 18.8. The third kappa shape index (κ3) is 4.14. The topological polar surface area (TPSA) is 84.4 Å². The maximum absolute atomic E-state index is 12.5. The van der Waals surface area contributed by atoms with Gasteiger partial charge in [-0.15, -0.1) is 0 Å². The lowest BCUT2D eigenvalue weighted by atomic mass is 10.1. The lowest BCUT2D eigenvalue weighted by Crippen LogP contribution is -2.42. The van der Waals surface area contributed by atoms with E-state index in [2.05, 4.69) is 15.3 Å². The van der Waals surface area contributed by atoms with E-state index in [9.17, 15) is 8.42 Å². The van der Waals surface area contributed by atoms with Gasteiger partial charge in [0, 0.05) is 30.6 Å². The molecule has 8 heteroatoms. The van der Waals surface area contributed by atoms with E-state index in [1.165, 1.54) is 4.31 Å². The third-order valence-corrected chi connectivity index (χ3v) is 6.53. The van der Waals surface area contributed by atoms with Crippen LogP contribution in [-0.2, 0) is 14.8 Å². The van der Waals surface area contributed by atoms with E-state index in [-0.39, 0.29) is 12.3 Å². The third-order valence-electron chi connectivity index (χ3n) is 4.66. The van der Waals surface area contributed by atoms with Crippen LogP contribution in [-0.4, -0.2) is 61.3 Å². The van der Waals surface area contributed by atoms with Gasteiger partial charge >= 0.3 is 0 Å². The van der Waals surface area contributed by atoms with Gasteiger partial charge < -0.3 is 10.1 Å². The number of sulfonamides is 1. The fourth-order valence-corrected chi connectivity index (χ4v) is 4.54. The summed E-state index contributed by atoms with van der Waals surface area (Å²) >= 11 is 0. The maximum Gasteiger partial charge on any atom is 0.223 e. The van der Waals surface area contributed by atoms with Crippen molar-refractivity contribution in [1.82, 2.24) is 14.3 Å². The van der Waals surface area contributed by atoms with Crippen molar-refractivity contribution in [3.63, 3.8) is 0 Å². The van der Waals surface area contributed by atoms with Crippen molar-refractivity contribution in [3.05, 3.63) is 54.6 Å². The summed E-state index contributed by atoms with van der Waals surface area (Å²) in [4.78, 5) is 9.20. The molecule has 2 heterocycles. The van der Waals surface area contributed by atoms with E-state index < -0.39 is 10.0 Å². The first-order valence-corrected chi connectivity index (χ1v) is 10.9. The minimum absolute atomic E-state index is 0.0101. The van der Waals surface area contributed by atoms with Gasteiger partial charge in [0.2, 0.25) is 16.0 Å². The summed E-state index contributed by atoms with van der Waals surface area (Å²) in [5.74, 6) is 0.416. The summed E-state index contributed by atoms with van der Waals surface area (Å²) in [7, 11) is -3.32. The van der Waals surface area contributed by atoms with Crippen LogP contribution in [0.4, 0.5) is 5.95 Å². The summed E-state index contributed by atoms with van der Waals surface area (Å²) in [5.41, 5.74) is 2.63. The van der Waals surface area contributed by atoms with Crippen molar-refractivity contribution in [2.75, 3.05) is 43.9 Å². The minimum atomic E-state index is -3.32. The van der Waals surface area contributed by atoms with Crippen molar-refractivity contribution in [2.45, 2.75) is 0 Å². The number of nitrogens with one attached hydrogen (secondary N) is 1. The summed E-state index contributed by atoms with van der Waals surface area (Å²) in [6.45, 7) is 1.95. The Morgan fingerprint density at radius 3 is 2.46 bits per heavy atom. The molecule has 7 nitrogen and oxygen atoms in total. The molecule has 0 aliphatic carbocycles. The van der Waals surface area contributed by atoms with Crippen LogP contribution in [0, 0.1) is 0 Å². The van der Waals surface area contributed by atoms with Crippen molar-refractivity contribution in [1.29, 1.82) is 0 Å². The van der Waals surface area contributed by atoms with Gasteiger partial charge in [0.05, 0.1) is 30.2 Å². The second kappa shape index (κ2) is 8.22. The molecule has 0 spiro atoms. The number of fused-ring (bicyclic) bond motifs is 1. The van der Waals surface area contributed by atoms with Gasteiger partial charge in [0.25, 0.3) is 0 Å². The highest BCUT2D eigenvalue weighted by Gasteiger charge is 2.23. The first-order chi connectivity index (χ1) is 13.6. The molecule has 1 aliphatic heterocycles. The molecule has 1 N–H and O–H groups in total. The zero-order chi connectivity index (χ0) is 19.4. The maximum atomic E-state index is 12.5. The molecule has 1 saturated heterocycles. The second-order valence-corrected chi connectivity index (χ2v) is 8.62. The van der Waals surface area contributed by atoms with Crippen LogP contribution in [0.3, 0.4) is 0 Å². The van der Waals surface area contributed by atoms with E-state index >= 15 is 0 Å². The van der Waals surface area contributed by atoms with Gasteiger partial charge in [-0.25, -0.2) is 18.4 Å². The zero-order valence-corrected chi connectivity index (χ0v) is 16.2. The second-order valence-electron chi connectivity index (χ2n) is 6.53. The van der Waals surface area contributed by atoms with E-state index in [1.54, 1.807) is 0 Å². The number of benzene rings is 2. The highest BCUT2D eigenvalue weighted by Crippen LogP contribution is 2.26.